The van der Waals surface area contributed by atoms with Gasteiger partial charge in [0, 0.05) is 5.56 Å². The molecule has 0 aliphatic rings. The van der Waals surface area contributed by atoms with Gasteiger partial charge in [-0.2, -0.15) is 0 Å². The van der Waals surface area contributed by atoms with Gasteiger partial charge in [-0.15, -0.1) is 11.6 Å². The van der Waals surface area contributed by atoms with E-state index in [9.17, 15) is 13.6 Å². The average Bonchev–Trinajstić information content (AvgIpc) is 2.27. The molecule has 0 aliphatic heterocycles. The fourth-order valence-corrected chi connectivity index (χ4v) is 1.55. The van der Waals surface area contributed by atoms with Crippen LogP contribution >= 0.6 is 23.2 Å². The van der Waals surface area contributed by atoms with Crippen LogP contribution in [0.1, 0.15) is 28.0 Å². The molecule has 0 atom stereocenters. The van der Waals surface area contributed by atoms with Gasteiger partial charge in [-0.3, -0.25) is 0 Å². The Bertz CT molecular complexity index is 413. The largest absolute Gasteiger partial charge is 0.464 e. The zero-order valence-corrected chi connectivity index (χ0v) is 9.65. The van der Waals surface area contributed by atoms with Gasteiger partial charge in [0.1, 0.15) is 5.15 Å². The predicted octanol–water partition coefficient (Wildman–Crippen LogP) is 3.20. The third-order valence-electron chi connectivity index (χ3n) is 1.84. The van der Waals surface area contributed by atoms with Gasteiger partial charge in [-0.05, 0) is 6.07 Å². The minimum atomic E-state index is -2.85. The molecule has 16 heavy (non-hydrogen) atoms. The summed E-state index contributed by atoms with van der Waals surface area (Å²) in [5, 5.41) is -0.0835. The number of carbonyl (C=O) groups is 1. The van der Waals surface area contributed by atoms with Crippen molar-refractivity contribution in [1.82, 2.24) is 4.98 Å². The highest BCUT2D eigenvalue weighted by atomic mass is 35.5. The predicted molar refractivity (Wildman–Crippen MR) is 55.1 cm³/mol. The van der Waals surface area contributed by atoms with Crippen LogP contribution in [-0.4, -0.2) is 18.1 Å². The van der Waals surface area contributed by atoms with Crippen molar-refractivity contribution in [2.24, 2.45) is 0 Å². The van der Waals surface area contributed by atoms with Crippen molar-refractivity contribution < 1.29 is 18.3 Å². The zero-order valence-electron chi connectivity index (χ0n) is 8.14. The van der Waals surface area contributed by atoms with Gasteiger partial charge >= 0.3 is 5.97 Å². The molecule has 88 valence electrons. The minimum Gasteiger partial charge on any atom is -0.464 e. The number of halogens is 4. The van der Waals surface area contributed by atoms with E-state index in [0.717, 1.165) is 13.2 Å². The number of carbonyl (C=O) groups excluding carboxylic acids is 1. The van der Waals surface area contributed by atoms with Crippen molar-refractivity contribution in [2.75, 3.05) is 7.11 Å². The molecule has 0 amide bonds. The van der Waals surface area contributed by atoms with Gasteiger partial charge in [0.15, 0.2) is 5.69 Å². The second kappa shape index (κ2) is 5.41. The van der Waals surface area contributed by atoms with Gasteiger partial charge in [-0.1, -0.05) is 11.6 Å². The van der Waals surface area contributed by atoms with Gasteiger partial charge in [0.25, 0.3) is 6.43 Å². The van der Waals surface area contributed by atoms with Crippen LogP contribution in [0.5, 0.6) is 0 Å². The highest BCUT2D eigenvalue weighted by molar-refractivity contribution is 6.31. The number of aromatic nitrogens is 1. The first-order chi connectivity index (χ1) is 7.51. The summed E-state index contributed by atoms with van der Waals surface area (Å²) in [6, 6.07) is 1.05. The van der Waals surface area contributed by atoms with Crippen LogP contribution in [-0.2, 0) is 10.6 Å². The summed E-state index contributed by atoms with van der Waals surface area (Å²) in [6.45, 7) is 0. The molecule has 0 N–H and O–H groups in total. The Morgan fingerprint density at radius 3 is 2.69 bits per heavy atom. The molecule has 0 aliphatic carbocycles. The molecule has 1 aromatic heterocycles. The van der Waals surface area contributed by atoms with Crippen LogP contribution < -0.4 is 0 Å². The maximum atomic E-state index is 12.6. The number of rotatable bonds is 3. The third kappa shape index (κ3) is 2.59. The van der Waals surface area contributed by atoms with Gasteiger partial charge < -0.3 is 4.74 Å². The Labute approximate surface area is 100 Å². The molecule has 0 spiro atoms. The van der Waals surface area contributed by atoms with Crippen molar-refractivity contribution >= 4 is 29.2 Å². The van der Waals surface area contributed by atoms with Crippen LogP contribution in [0.15, 0.2) is 6.07 Å². The number of pyridine rings is 1. The Kier molecular flexibility index (Phi) is 4.44. The van der Waals surface area contributed by atoms with Crippen molar-refractivity contribution in [1.29, 1.82) is 0 Å². The highest BCUT2D eigenvalue weighted by Gasteiger charge is 2.22. The van der Waals surface area contributed by atoms with E-state index < -0.39 is 23.7 Å². The van der Waals surface area contributed by atoms with E-state index in [1.165, 1.54) is 0 Å². The van der Waals surface area contributed by atoms with E-state index in [1.807, 2.05) is 0 Å². The van der Waals surface area contributed by atoms with Crippen LogP contribution in [0.2, 0.25) is 5.15 Å². The van der Waals surface area contributed by atoms with E-state index >= 15 is 0 Å². The fourth-order valence-electron chi connectivity index (χ4n) is 1.07. The van der Waals surface area contributed by atoms with Gasteiger partial charge in [-0.25, -0.2) is 18.6 Å². The molecule has 0 unspecified atom stereocenters. The molecule has 1 heterocycles. The maximum Gasteiger partial charge on any atom is 0.357 e. The van der Waals surface area contributed by atoms with E-state index in [4.69, 9.17) is 23.2 Å². The molecular weight excluding hydrogens is 263 g/mol. The molecule has 0 saturated carbocycles. The molecule has 0 saturated heterocycles. The summed E-state index contributed by atoms with van der Waals surface area (Å²) in [7, 11) is 1.07. The SMILES string of the molecule is COC(=O)c1nc(Cl)c(CCl)cc1C(F)F. The maximum absolute atomic E-state index is 12.6. The molecular formula is C9H7Cl2F2NO2. The van der Waals surface area contributed by atoms with Crippen molar-refractivity contribution in [3.05, 3.63) is 28.0 Å². The Balaban J connectivity index is 3.36. The zero-order chi connectivity index (χ0) is 12.3. The van der Waals surface area contributed by atoms with Crippen molar-refractivity contribution in [3.8, 4) is 0 Å². The topological polar surface area (TPSA) is 39.2 Å². The summed E-state index contributed by atoms with van der Waals surface area (Å²) >= 11 is 11.1. The number of hydrogen-bond donors (Lipinski definition) is 0. The summed E-state index contributed by atoms with van der Waals surface area (Å²) in [5.41, 5.74) is -0.783. The fraction of sp³-hybridized carbons (Fsp3) is 0.333. The lowest BCUT2D eigenvalue weighted by Gasteiger charge is -2.09. The molecule has 0 aromatic carbocycles. The van der Waals surface area contributed by atoms with Crippen molar-refractivity contribution in [2.45, 2.75) is 12.3 Å². The average molecular weight is 270 g/mol. The third-order valence-corrected chi connectivity index (χ3v) is 2.45. The standard InChI is InChI=1S/C9H7Cl2F2NO2/c1-16-9(15)6-5(8(12)13)2-4(3-10)7(11)14-6/h2,8H,3H2,1H3. The van der Waals surface area contributed by atoms with Gasteiger partial charge in [0.05, 0.1) is 18.6 Å². The molecule has 1 rings (SSSR count). The molecule has 7 heteroatoms. The van der Waals surface area contributed by atoms with Crippen LogP contribution in [0.4, 0.5) is 8.78 Å². The summed E-state index contributed by atoms with van der Waals surface area (Å²) in [4.78, 5) is 14.7. The highest BCUT2D eigenvalue weighted by Crippen LogP contribution is 2.27. The molecule has 3 nitrogen and oxygen atoms in total. The number of nitrogens with zero attached hydrogens (tertiary/aromatic N) is 1. The number of methoxy groups -OCH3 is 1. The Morgan fingerprint density at radius 2 is 2.25 bits per heavy atom. The lowest BCUT2D eigenvalue weighted by Crippen LogP contribution is -2.10. The number of ether oxygens (including phenoxy) is 1. The van der Waals surface area contributed by atoms with Crippen LogP contribution in [0, 0.1) is 0 Å². The van der Waals surface area contributed by atoms with E-state index in [-0.39, 0.29) is 16.6 Å². The first-order valence-corrected chi connectivity index (χ1v) is 5.04. The summed E-state index contributed by atoms with van der Waals surface area (Å²) in [6.07, 6.45) is -2.85. The first-order valence-electron chi connectivity index (χ1n) is 4.13. The summed E-state index contributed by atoms with van der Waals surface area (Å²) in [5.74, 6) is -1.02. The molecule has 0 radical (unpaired) electrons. The van der Waals surface area contributed by atoms with E-state index in [2.05, 4.69) is 9.72 Å². The van der Waals surface area contributed by atoms with E-state index in [1.54, 1.807) is 0 Å². The van der Waals surface area contributed by atoms with Gasteiger partial charge in [0.2, 0.25) is 0 Å². The first kappa shape index (κ1) is 13.1. The smallest absolute Gasteiger partial charge is 0.357 e. The van der Waals surface area contributed by atoms with E-state index in [0.29, 0.717) is 0 Å². The lowest BCUT2D eigenvalue weighted by atomic mass is 10.1. The van der Waals surface area contributed by atoms with Crippen molar-refractivity contribution in [3.63, 3.8) is 0 Å². The second-order valence-corrected chi connectivity index (χ2v) is 3.43. The monoisotopic (exact) mass is 269 g/mol. The molecule has 0 bridgehead atoms. The second-order valence-electron chi connectivity index (χ2n) is 2.80. The lowest BCUT2D eigenvalue weighted by molar-refractivity contribution is 0.0581. The Morgan fingerprint density at radius 1 is 1.62 bits per heavy atom. The van der Waals surface area contributed by atoms with Crippen LogP contribution in [0.3, 0.4) is 0 Å². The normalized spacial score (nSPS) is 10.6. The molecule has 0 fully saturated rings. The minimum absolute atomic E-state index is 0.0625. The quantitative estimate of drug-likeness (QED) is 0.481. The summed E-state index contributed by atoms with van der Waals surface area (Å²) < 4.78 is 29.6. The number of hydrogen-bond acceptors (Lipinski definition) is 3. The van der Waals surface area contributed by atoms with Crippen LogP contribution in [0.25, 0.3) is 0 Å². The molecule has 1 aromatic rings. The number of esters is 1. The Hall–Kier alpha value is -0.940. The number of alkyl halides is 3.